The average molecular weight is 201 g/mol. The van der Waals surface area contributed by atoms with Gasteiger partial charge in [0.2, 0.25) is 0 Å². The van der Waals surface area contributed by atoms with Crippen molar-refractivity contribution in [1.29, 1.82) is 0 Å². The number of hydrogen-bond donors (Lipinski definition) is 1. The zero-order chi connectivity index (χ0) is 11.1. The van der Waals surface area contributed by atoms with Crippen LogP contribution in [0.4, 0.5) is 0 Å². The van der Waals surface area contributed by atoms with E-state index in [-0.39, 0.29) is 11.7 Å². The van der Waals surface area contributed by atoms with Crippen LogP contribution in [0.5, 0.6) is 0 Å². The van der Waals surface area contributed by atoms with Crippen LogP contribution in [0.25, 0.3) is 0 Å². The Kier molecular flexibility index (Phi) is 5.36. The molecule has 0 amide bonds. The second-order valence-electron chi connectivity index (χ2n) is 2.87. The van der Waals surface area contributed by atoms with Crippen molar-refractivity contribution in [3.8, 4) is 0 Å². The van der Waals surface area contributed by atoms with E-state index in [2.05, 4.69) is 14.8 Å². The maximum Gasteiger partial charge on any atom is 0.354 e. The van der Waals surface area contributed by atoms with Crippen LogP contribution in [0.3, 0.4) is 0 Å². The van der Waals surface area contributed by atoms with E-state index in [4.69, 9.17) is 0 Å². The number of methoxy groups -OCH3 is 2. The molecule has 0 saturated heterocycles. The van der Waals surface area contributed by atoms with Crippen molar-refractivity contribution >= 4 is 11.9 Å². The molecule has 0 aromatic heterocycles. The van der Waals surface area contributed by atoms with E-state index in [0.29, 0.717) is 0 Å². The molecule has 0 aliphatic carbocycles. The Hall–Kier alpha value is -1.52. The van der Waals surface area contributed by atoms with E-state index in [1.54, 1.807) is 0 Å². The predicted molar refractivity (Wildman–Crippen MR) is 50.4 cm³/mol. The van der Waals surface area contributed by atoms with Crippen molar-refractivity contribution in [1.82, 2.24) is 5.32 Å². The highest BCUT2D eigenvalue weighted by Crippen LogP contribution is 1.96. The van der Waals surface area contributed by atoms with Crippen LogP contribution in [-0.2, 0) is 19.1 Å². The molecule has 0 spiro atoms. The molecule has 1 N–H and O–H groups in total. The number of nitrogens with one attached hydrogen (secondary N) is 1. The topological polar surface area (TPSA) is 64.6 Å². The second kappa shape index (κ2) is 6.01. The molecule has 0 fully saturated rings. The molecular formula is C9H15NO4. The highest BCUT2D eigenvalue weighted by molar-refractivity contribution is 5.95. The van der Waals surface area contributed by atoms with E-state index < -0.39 is 11.9 Å². The van der Waals surface area contributed by atoms with Crippen molar-refractivity contribution in [2.24, 2.45) is 0 Å². The number of ether oxygens (including phenoxy) is 2. The first-order chi connectivity index (χ1) is 6.51. The first-order valence-corrected chi connectivity index (χ1v) is 4.15. The van der Waals surface area contributed by atoms with Gasteiger partial charge in [-0.1, -0.05) is 0 Å². The van der Waals surface area contributed by atoms with Gasteiger partial charge in [-0.05, 0) is 13.8 Å². The van der Waals surface area contributed by atoms with Gasteiger partial charge in [-0.15, -0.1) is 0 Å². The van der Waals surface area contributed by atoms with Crippen LogP contribution < -0.4 is 5.32 Å². The first-order valence-electron chi connectivity index (χ1n) is 4.15. The fraction of sp³-hybridized carbons (Fsp3) is 0.556. The Bertz CT molecular complexity index is 245. The highest BCUT2D eigenvalue weighted by atomic mass is 16.5. The third-order valence-corrected chi connectivity index (χ3v) is 1.31. The van der Waals surface area contributed by atoms with E-state index in [1.807, 2.05) is 13.8 Å². The lowest BCUT2D eigenvalue weighted by atomic mass is 10.3. The van der Waals surface area contributed by atoms with Crippen LogP contribution in [0.2, 0.25) is 0 Å². The Morgan fingerprint density at radius 1 is 1.21 bits per heavy atom. The van der Waals surface area contributed by atoms with Crippen molar-refractivity contribution in [3.05, 3.63) is 11.8 Å². The van der Waals surface area contributed by atoms with Gasteiger partial charge < -0.3 is 14.8 Å². The van der Waals surface area contributed by atoms with Gasteiger partial charge in [0.1, 0.15) is 5.70 Å². The summed E-state index contributed by atoms with van der Waals surface area (Å²) in [5.41, 5.74) is 0.0920. The first kappa shape index (κ1) is 12.5. The molecule has 5 nitrogen and oxygen atoms in total. The molecule has 0 heterocycles. The summed E-state index contributed by atoms with van der Waals surface area (Å²) in [6, 6.07) is 0.0324. The fourth-order valence-corrected chi connectivity index (χ4v) is 0.757. The molecule has 0 unspecified atom stereocenters. The molecule has 0 aliphatic rings. The summed E-state index contributed by atoms with van der Waals surface area (Å²) in [5, 5.41) is 2.78. The molecule has 0 aromatic rings. The number of carbonyl (C=O) groups excluding carboxylic acids is 2. The summed E-state index contributed by atoms with van der Waals surface area (Å²) >= 11 is 0. The number of carbonyl (C=O) groups is 2. The second-order valence-corrected chi connectivity index (χ2v) is 2.87. The van der Waals surface area contributed by atoms with E-state index in [1.165, 1.54) is 14.2 Å². The maximum atomic E-state index is 11.1. The zero-order valence-electron chi connectivity index (χ0n) is 8.79. The number of esters is 2. The van der Waals surface area contributed by atoms with Crippen LogP contribution in [0.1, 0.15) is 13.8 Å². The molecule has 0 rings (SSSR count). The fourth-order valence-electron chi connectivity index (χ4n) is 0.757. The van der Waals surface area contributed by atoms with Crippen LogP contribution in [0.15, 0.2) is 11.8 Å². The lowest BCUT2D eigenvalue weighted by molar-refractivity contribution is -0.138. The summed E-state index contributed by atoms with van der Waals surface area (Å²) in [7, 11) is 2.48. The number of hydrogen-bond acceptors (Lipinski definition) is 5. The zero-order valence-corrected chi connectivity index (χ0v) is 8.79. The monoisotopic (exact) mass is 201 g/mol. The standard InChI is InChI=1S/C9H15NO4/c1-6(2)10-7(9(12)14-4)5-8(11)13-3/h5-6,10H,1-4H3/b7-5-. The molecular weight excluding hydrogens is 186 g/mol. The molecule has 0 atom stereocenters. The van der Waals surface area contributed by atoms with Gasteiger partial charge in [-0.2, -0.15) is 0 Å². The van der Waals surface area contributed by atoms with Gasteiger partial charge in [0, 0.05) is 6.04 Å². The van der Waals surface area contributed by atoms with Crippen molar-refractivity contribution < 1.29 is 19.1 Å². The SMILES string of the molecule is COC(=O)/C=C(\NC(C)C)C(=O)OC. The predicted octanol–water partition coefficient (Wildman–Crippen LogP) is 0.214. The van der Waals surface area contributed by atoms with E-state index >= 15 is 0 Å². The van der Waals surface area contributed by atoms with Gasteiger partial charge in [-0.25, -0.2) is 9.59 Å². The normalized spacial score (nSPS) is 11.1. The lowest BCUT2D eigenvalue weighted by Crippen LogP contribution is -2.28. The Labute approximate surface area is 83.1 Å². The Morgan fingerprint density at radius 2 is 1.79 bits per heavy atom. The maximum absolute atomic E-state index is 11.1. The summed E-state index contributed by atoms with van der Waals surface area (Å²) in [6.45, 7) is 3.68. The molecule has 0 aromatic carbocycles. The average Bonchev–Trinajstić information content (AvgIpc) is 2.14. The van der Waals surface area contributed by atoms with E-state index in [9.17, 15) is 9.59 Å². The van der Waals surface area contributed by atoms with Crippen LogP contribution >= 0.6 is 0 Å². The summed E-state index contributed by atoms with van der Waals surface area (Å²) in [6.07, 6.45) is 1.06. The van der Waals surface area contributed by atoms with E-state index in [0.717, 1.165) is 6.08 Å². The van der Waals surface area contributed by atoms with Gasteiger partial charge in [-0.3, -0.25) is 0 Å². The molecule has 0 saturated carbocycles. The molecule has 0 bridgehead atoms. The minimum atomic E-state index is -0.599. The third-order valence-electron chi connectivity index (χ3n) is 1.31. The van der Waals surface area contributed by atoms with Gasteiger partial charge in [0.05, 0.1) is 20.3 Å². The van der Waals surface area contributed by atoms with Gasteiger partial charge >= 0.3 is 11.9 Å². The third kappa shape index (κ3) is 4.49. The summed E-state index contributed by atoms with van der Waals surface area (Å²) in [5.74, 6) is -1.19. The van der Waals surface area contributed by atoms with Crippen LogP contribution in [0, 0.1) is 0 Å². The van der Waals surface area contributed by atoms with Crippen LogP contribution in [-0.4, -0.2) is 32.2 Å². The highest BCUT2D eigenvalue weighted by Gasteiger charge is 2.12. The largest absolute Gasteiger partial charge is 0.466 e. The minimum absolute atomic E-state index is 0.0324. The smallest absolute Gasteiger partial charge is 0.354 e. The molecule has 80 valence electrons. The quantitative estimate of drug-likeness (QED) is 0.520. The summed E-state index contributed by atoms with van der Waals surface area (Å²) < 4.78 is 8.87. The van der Waals surface area contributed by atoms with Crippen molar-refractivity contribution in [2.75, 3.05) is 14.2 Å². The van der Waals surface area contributed by atoms with Crippen molar-refractivity contribution in [2.45, 2.75) is 19.9 Å². The Balaban J connectivity index is 4.62. The summed E-state index contributed by atoms with van der Waals surface area (Å²) in [4.78, 5) is 22.0. The minimum Gasteiger partial charge on any atom is -0.466 e. The lowest BCUT2D eigenvalue weighted by Gasteiger charge is -2.11. The van der Waals surface area contributed by atoms with Crippen molar-refractivity contribution in [3.63, 3.8) is 0 Å². The molecule has 0 radical (unpaired) electrons. The molecule has 5 heteroatoms. The number of rotatable bonds is 4. The Morgan fingerprint density at radius 3 is 2.14 bits per heavy atom. The molecule has 14 heavy (non-hydrogen) atoms. The van der Waals surface area contributed by atoms with Gasteiger partial charge in [0.15, 0.2) is 0 Å². The molecule has 0 aliphatic heterocycles. The van der Waals surface area contributed by atoms with Gasteiger partial charge in [0.25, 0.3) is 0 Å².